The lowest BCUT2D eigenvalue weighted by Gasteiger charge is -2.42. The molecule has 1 aliphatic carbocycles. The van der Waals surface area contributed by atoms with Crippen LogP contribution in [0.3, 0.4) is 0 Å². The zero-order chi connectivity index (χ0) is 17.8. The van der Waals surface area contributed by atoms with Crippen molar-refractivity contribution in [2.24, 2.45) is 0 Å². The maximum absolute atomic E-state index is 14.0. The molecule has 5 nitrogen and oxygen atoms in total. The minimum Gasteiger partial charge on any atom is -0.393 e. The monoisotopic (exact) mass is 346 g/mol. The van der Waals surface area contributed by atoms with Crippen LogP contribution in [0.5, 0.6) is 0 Å². The van der Waals surface area contributed by atoms with Crippen molar-refractivity contribution < 1.29 is 19.0 Å². The number of nitrogens with zero attached hydrogens (tertiary/aromatic N) is 1. The number of benzene rings is 1. The Bertz CT molecular complexity index is 833. The van der Waals surface area contributed by atoms with Crippen molar-refractivity contribution in [2.75, 3.05) is 13.7 Å². The summed E-state index contributed by atoms with van der Waals surface area (Å²) in [7, 11) is 1.68. The van der Waals surface area contributed by atoms with Crippen molar-refractivity contribution in [1.29, 1.82) is 0 Å². The molecular formula is C19H23FN2O3. The molecule has 4 rings (SSSR count). The minimum atomic E-state index is -0.414. The fourth-order valence-corrected chi connectivity index (χ4v) is 4.59. The van der Waals surface area contributed by atoms with Gasteiger partial charge >= 0.3 is 0 Å². The standard InChI is InChI=1S/C19H23FN2O3/c1-11-13-4-3-5-14(20)17(13)21-16(11)18(24)22-9-8-19(25-2)7-6-12(23)10-15(19)22/h3-5,12,15,21,23H,6-10H2,1-2H3/t12-,15-,19+/m0/s1. The van der Waals surface area contributed by atoms with E-state index in [4.69, 9.17) is 4.74 Å². The third-order valence-corrected chi connectivity index (χ3v) is 6.08. The Morgan fingerprint density at radius 1 is 1.44 bits per heavy atom. The molecular weight excluding hydrogens is 323 g/mol. The first-order chi connectivity index (χ1) is 12.0. The Morgan fingerprint density at radius 3 is 2.96 bits per heavy atom. The Hall–Kier alpha value is -1.92. The van der Waals surface area contributed by atoms with E-state index in [1.807, 2.05) is 13.0 Å². The molecule has 2 fully saturated rings. The second-order valence-corrected chi connectivity index (χ2v) is 7.25. The SMILES string of the molecule is CO[C@@]12CC[C@H](O)C[C@@H]1N(C(=O)c1[nH]c3c(F)cccc3c1C)CC2. The smallest absolute Gasteiger partial charge is 0.270 e. The van der Waals surface area contributed by atoms with E-state index in [2.05, 4.69) is 4.98 Å². The summed E-state index contributed by atoms with van der Waals surface area (Å²) < 4.78 is 19.8. The number of carbonyl (C=O) groups is 1. The van der Waals surface area contributed by atoms with Crippen molar-refractivity contribution >= 4 is 16.8 Å². The summed E-state index contributed by atoms with van der Waals surface area (Å²) in [4.78, 5) is 18.0. The van der Waals surface area contributed by atoms with E-state index >= 15 is 0 Å². The van der Waals surface area contributed by atoms with Crippen LogP contribution in [0.25, 0.3) is 10.9 Å². The first-order valence-electron chi connectivity index (χ1n) is 8.78. The van der Waals surface area contributed by atoms with Crippen LogP contribution in [0.1, 0.15) is 41.7 Å². The first-order valence-corrected chi connectivity index (χ1v) is 8.78. The molecule has 0 radical (unpaired) electrons. The minimum absolute atomic E-state index is 0.147. The van der Waals surface area contributed by atoms with Gasteiger partial charge in [-0.1, -0.05) is 12.1 Å². The van der Waals surface area contributed by atoms with E-state index in [9.17, 15) is 14.3 Å². The highest BCUT2D eigenvalue weighted by Gasteiger charge is 2.52. The predicted molar refractivity (Wildman–Crippen MR) is 92.0 cm³/mol. The number of aliphatic hydroxyl groups is 1. The second kappa shape index (κ2) is 5.81. The third kappa shape index (κ3) is 2.39. The van der Waals surface area contributed by atoms with Crippen molar-refractivity contribution in [3.05, 3.63) is 35.3 Å². The molecule has 0 unspecified atom stereocenters. The Kier molecular flexibility index (Phi) is 3.85. The molecule has 1 aliphatic heterocycles. The summed E-state index contributed by atoms with van der Waals surface area (Å²) in [6, 6.07) is 4.70. The van der Waals surface area contributed by atoms with Gasteiger partial charge in [-0.3, -0.25) is 4.79 Å². The summed E-state index contributed by atoms with van der Waals surface area (Å²) >= 11 is 0. The summed E-state index contributed by atoms with van der Waals surface area (Å²) in [6.45, 7) is 2.42. The number of halogens is 1. The number of methoxy groups -OCH3 is 1. The normalized spacial score (nSPS) is 29.2. The average Bonchev–Trinajstić information content (AvgIpc) is 3.14. The number of fused-ring (bicyclic) bond motifs is 2. The Balaban J connectivity index is 1.72. The number of hydrogen-bond acceptors (Lipinski definition) is 3. The maximum Gasteiger partial charge on any atom is 0.270 e. The fourth-order valence-electron chi connectivity index (χ4n) is 4.59. The van der Waals surface area contributed by atoms with E-state index in [-0.39, 0.29) is 23.4 Å². The van der Waals surface area contributed by atoms with E-state index in [0.717, 1.165) is 23.8 Å². The number of likely N-dealkylation sites (tertiary alicyclic amines) is 1. The Labute approximate surface area is 145 Å². The fraction of sp³-hybridized carbons (Fsp3) is 0.526. The highest BCUT2D eigenvalue weighted by molar-refractivity contribution is 6.01. The average molecular weight is 346 g/mol. The molecule has 1 aromatic carbocycles. The number of aliphatic hydroxyl groups excluding tert-OH is 1. The molecule has 1 saturated carbocycles. The van der Waals surface area contributed by atoms with Gasteiger partial charge in [-0.25, -0.2) is 4.39 Å². The molecule has 2 heterocycles. The zero-order valence-electron chi connectivity index (χ0n) is 14.5. The summed E-state index contributed by atoms with van der Waals surface area (Å²) in [5.74, 6) is -0.508. The molecule has 2 aliphatic rings. The molecule has 1 saturated heterocycles. The lowest BCUT2D eigenvalue weighted by molar-refractivity contribution is -0.0824. The van der Waals surface area contributed by atoms with E-state index in [1.54, 1.807) is 18.1 Å². The number of aryl methyl sites for hydroxylation is 1. The quantitative estimate of drug-likeness (QED) is 0.879. The number of aromatic nitrogens is 1. The van der Waals surface area contributed by atoms with Crippen LogP contribution < -0.4 is 0 Å². The molecule has 2 N–H and O–H groups in total. The maximum atomic E-state index is 14.0. The number of H-pyrrole nitrogens is 1. The molecule has 134 valence electrons. The van der Waals surface area contributed by atoms with Gasteiger partial charge < -0.3 is 19.7 Å². The number of aromatic amines is 1. The van der Waals surface area contributed by atoms with E-state index in [0.29, 0.717) is 30.6 Å². The van der Waals surface area contributed by atoms with Gasteiger partial charge in [0.15, 0.2) is 0 Å². The van der Waals surface area contributed by atoms with Crippen molar-refractivity contribution in [3.8, 4) is 0 Å². The highest BCUT2D eigenvalue weighted by Crippen LogP contribution is 2.43. The van der Waals surface area contributed by atoms with Gasteiger partial charge in [0.1, 0.15) is 11.5 Å². The number of hydrogen-bond donors (Lipinski definition) is 2. The van der Waals surface area contributed by atoms with Crippen LogP contribution in [-0.4, -0.2) is 52.3 Å². The number of amides is 1. The molecule has 1 aromatic heterocycles. The summed E-state index contributed by atoms with van der Waals surface area (Å²) in [5.41, 5.74) is 1.17. The number of carbonyl (C=O) groups excluding carboxylic acids is 1. The van der Waals surface area contributed by atoms with Crippen LogP contribution >= 0.6 is 0 Å². The van der Waals surface area contributed by atoms with Gasteiger partial charge in [0, 0.05) is 19.0 Å². The lowest BCUT2D eigenvalue weighted by atomic mass is 9.79. The molecule has 6 heteroatoms. The van der Waals surface area contributed by atoms with Gasteiger partial charge in [0.05, 0.1) is 23.3 Å². The first kappa shape index (κ1) is 16.5. The third-order valence-electron chi connectivity index (χ3n) is 6.08. The Morgan fingerprint density at radius 2 is 2.24 bits per heavy atom. The van der Waals surface area contributed by atoms with Gasteiger partial charge in [0.25, 0.3) is 5.91 Å². The van der Waals surface area contributed by atoms with Gasteiger partial charge in [-0.15, -0.1) is 0 Å². The molecule has 2 aromatic rings. The van der Waals surface area contributed by atoms with Crippen LogP contribution in [0, 0.1) is 12.7 Å². The van der Waals surface area contributed by atoms with Crippen LogP contribution in [0.4, 0.5) is 4.39 Å². The molecule has 25 heavy (non-hydrogen) atoms. The molecule has 1 amide bonds. The predicted octanol–water partition coefficient (Wildman–Crippen LogP) is 2.76. The summed E-state index contributed by atoms with van der Waals surface area (Å²) in [6.07, 6.45) is 2.32. The number of ether oxygens (including phenoxy) is 1. The topological polar surface area (TPSA) is 65.6 Å². The van der Waals surface area contributed by atoms with E-state index < -0.39 is 6.10 Å². The molecule has 3 atom stereocenters. The van der Waals surface area contributed by atoms with Crippen molar-refractivity contribution in [1.82, 2.24) is 9.88 Å². The number of para-hydroxylation sites is 1. The van der Waals surface area contributed by atoms with Gasteiger partial charge in [-0.2, -0.15) is 0 Å². The van der Waals surface area contributed by atoms with E-state index in [1.165, 1.54) is 6.07 Å². The number of rotatable bonds is 2. The highest BCUT2D eigenvalue weighted by atomic mass is 19.1. The zero-order valence-corrected chi connectivity index (χ0v) is 14.5. The van der Waals surface area contributed by atoms with Crippen LogP contribution in [0.2, 0.25) is 0 Å². The van der Waals surface area contributed by atoms with Gasteiger partial charge in [0.2, 0.25) is 0 Å². The van der Waals surface area contributed by atoms with Crippen LogP contribution in [-0.2, 0) is 4.74 Å². The largest absolute Gasteiger partial charge is 0.393 e. The molecule has 0 bridgehead atoms. The lowest BCUT2D eigenvalue weighted by Crippen LogP contribution is -2.52. The second-order valence-electron chi connectivity index (χ2n) is 7.25. The summed E-state index contributed by atoms with van der Waals surface area (Å²) in [5, 5.41) is 10.8. The molecule has 0 spiro atoms. The van der Waals surface area contributed by atoms with Crippen molar-refractivity contribution in [3.63, 3.8) is 0 Å². The van der Waals surface area contributed by atoms with Gasteiger partial charge in [-0.05, 0) is 44.2 Å². The van der Waals surface area contributed by atoms with Crippen LogP contribution in [0.15, 0.2) is 18.2 Å². The van der Waals surface area contributed by atoms with Crippen molar-refractivity contribution in [2.45, 2.75) is 50.4 Å². The number of nitrogens with one attached hydrogen (secondary N) is 1.